The zero-order chi connectivity index (χ0) is 13.3. The van der Waals surface area contributed by atoms with E-state index in [2.05, 4.69) is 15.3 Å². The molecule has 8 heteroatoms. The van der Waals surface area contributed by atoms with Crippen LogP contribution in [0.3, 0.4) is 0 Å². The lowest BCUT2D eigenvalue weighted by Crippen LogP contribution is -2.57. The van der Waals surface area contributed by atoms with Gasteiger partial charge in [0.2, 0.25) is 17.8 Å². The van der Waals surface area contributed by atoms with Gasteiger partial charge in [-0.1, -0.05) is 0 Å². The van der Waals surface area contributed by atoms with Gasteiger partial charge in [0.1, 0.15) is 12.6 Å². The molecule has 1 aliphatic rings. The molecule has 2 N–H and O–H groups in total. The first kappa shape index (κ1) is 12.0. The number of carboxylic acids is 1. The van der Waals surface area contributed by atoms with Gasteiger partial charge in [0.05, 0.1) is 5.56 Å². The molecule has 0 saturated carbocycles. The molecule has 1 saturated heterocycles. The van der Waals surface area contributed by atoms with Crippen LogP contribution in [0.25, 0.3) is 0 Å². The van der Waals surface area contributed by atoms with Gasteiger partial charge in [-0.25, -0.2) is 14.8 Å². The second kappa shape index (κ2) is 4.40. The van der Waals surface area contributed by atoms with Gasteiger partial charge in [-0.05, 0) is 6.92 Å². The van der Waals surface area contributed by atoms with E-state index in [1.807, 2.05) is 0 Å². The number of hydrogen-bond donors (Lipinski definition) is 2. The van der Waals surface area contributed by atoms with Crippen molar-refractivity contribution in [3.05, 3.63) is 18.0 Å². The lowest BCUT2D eigenvalue weighted by molar-refractivity contribution is -0.132. The minimum Gasteiger partial charge on any atom is -0.478 e. The van der Waals surface area contributed by atoms with Gasteiger partial charge in [0.25, 0.3) is 0 Å². The Kier molecular flexibility index (Phi) is 2.92. The lowest BCUT2D eigenvalue weighted by Gasteiger charge is -2.31. The monoisotopic (exact) mass is 250 g/mol. The predicted octanol–water partition coefficient (Wildman–Crippen LogP) is -0.974. The smallest absolute Gasteiger partial charge is 0.338 e. The summed E-state index contributed by atoms with van der Waals surface area (Å²) in [5.74, 6) is -1.86. The number of aromatic nitrogens is 2. The normalized spacial score (nSPS) is 19.6. The standard InChI is InChI=1S/C10H10N4O4/c1-5-8(16)13-7(15)4-14(5)10-11-2-6(3-12-10)9(17)18/h2-3,5H,4H2,1H3,(H,17,18)(H,13,15,16). The molecule has 1 aliphatic heterocycles. The first-order chi connectivity index (χ1) is 8.49. The predicted molar refractivity (Wildman–Crippen MR) is 58.9 cm³/mol. The van der Waals surface area contributed by atoms with Gasteiger partial charge in [-0.3, -0.25) is 14.9 Å². The number of rotatable bonds is 2. The topological polar surface area (TPSA) is 112 Å². The Labute approximate surface area is 102 Å². The molecule has 1 unspecified atom stereocenters. The summed E-state index contributed by atoms with van der Waals surface area (Å²) in [6.07, 6.45) is 2.27. The van der Waals surface area contributed by atoms with E-state index >= 15 is 0 Å². The molecular weight excluding hydrogens is 240 g/mol. The third-order valence-corrected chi connectivity index (χ3v) is 2.57. The first-order valence-corrected chi connectivity index (χ1v) is 5.14. The molecule has 0 bridgehead atoms. The van der Waals surface area contributed by atoms with Crippen molar-refractivity contribution in [1.82, 2.24) is 15.3 Å². The summed E-state index contributed by atoms with van der Waals surface area (Å²) in [5, 5.41) is 10.9. The molecule has 1 fully saturated rings. The second-order valence-electron chi connectivity index (χ2n) is 3.79. The second-order valence-corrected chi connectivity index (χ2v) is 3.79. The van der Waals surface area contributed by atoms with Crippen LogP contribution in [0.5, 0.6) is 0 Å². The molecule has 8 nitrogen and oxygen atoms in total. The van der Waals surface area contributed by atoms with Crippen LogP contribution in [-0.2, 0) is 9.59 Å². The van der Waals surface area contributed by atoms with Crippen molar-refractivity contribution >= 4 is 23.7 Å². The van der Waals surface area contributed by atoms with Crippen LogP contribution >= 0.6 is 0 Å². The Morgan fingerprint density at radius 1 is 1.44 bits per heavy atom. The van der Waals surface area contributed by atoms with Crippen LogP contribution < -0.4 is 10.2 Å². The number of carboxylic acid groups (broad SMARTS) is 1. The summed E-state index contributed by atoms with van der Waals surface area (Å²) in [6.45, 7) is 1.57. The number of aromatic carboxylic acids is 1. The molecule has 1 atom stereocenters. The Hall–Kier alpha value is -2.51. The van der Waals surface area contributed by atoms with Crippen molar-refractivity contribution in [2.24, 2.45) is 0 Å². The summed E-state index contributed by atoms with van der Waals surface area (Å²) in [6, 6.07) is -0.585. The van der Waals surface area contributed by atoms with E-state index in [4.69, 9.17) is 5.11 Å². The van der Waals surface area contributed by atoms with E-state index in [0.29, 0.717) is 0 Å². The average molecular weight is 250 g/mol. The van der Waals surface area contributed by atoms with Crippen molar-refractivity contribution < 1.29 is 19.5 Å². The van der Waals surface area contributed by atoms with Gasteiger partial charge in [-0.2, -0.15) is 0 Å². The maximum Gasteiger partial charge on any atom is 0.338 e. The number of carbonyl (C=O) groups is 3. The summed E-state index contributed by atoms with van der Waals surface area (Å²) < 4.78 is 0. The van der Waals surface area contributed by atoms with E-state index in [1.165, 1.54) is 4.90 Å². The maximum absolute atomic E-state index is 11.4. The van der Waals surface area contributed by atoms with Crippen molar-refractivity contribution in [1.29, 1.82) is 0 Å². The van der Waals surface area contributed by atoms with Gasteiger partial charge >= 0.3 is 5.97 Å². The third kappa shape index (κ3) is 2.12. The quantitative estimate of drug-likeness (QED) is 0.649. The molecular formula is C10H10N4O4. The number of nitrogens with one attached hydrogen (secondary N) is 1. The highest BCUT2D eigenvalue weighted by Crippen LogP contribution is 2.13. The highest BCUT2D eigenvalue weighted by Gasteiger charge is 2.31. The Bertz CT molecular complexity index is 513. The molecule has 0 aromatic carbocycles. The number of piperazine rings is 1. The molecule has 18 heavy (non-hydrogen) atoms. The summed E-state index contributed by atoms with van der Waals surface area (Å²) in [4.78, 5) is 42.4. The minimum atomic E-state index is -1.14. The van der Waals surface area contributed by atoms with Crippen LogP contribution in [0.1, 0.15) is 17.3 Å². The molecule has 0 aliphatic carbocycles. The van der Waals surface area contributed by atoms with Gasteiger partial charge in [0, 0.05) is 12.4 Å². The fraction of sp³-hybridized carbons (Fsp3) is 0.300. The highest BCUT2D eigenvalue weighted by atomic mass is 16.4. The minimum absolute atomic E-state index is 0.0423. The maximum atomic E-state index is 11.4. The van der Waals surface area contributed by atoms with E-state index in [-0.39, 0.29) is 18.1 Å². The van der Waals surface area contributed by atoms with Crippen LogP contribution in [0, 0.1) is 0 Å². The average Bonchev–Trinajstić information content (AvgIpc) is 2.34. The zero-order valence-electron chi connectivity index (χ0n) is 9.45. The Morgan fingerprint density at radius 2 is 2.06 bits per heavy atom. The number of anilines is 1. The number of amides is 2. The molecule has 1 aromatic rings. The SMILES string of the molecule is CC1C(=O)NC(=O)CN1c1ncc(C(=O)O)cn1. The largest absolute Gasteiger partial charge is 0.478 e. The van der Waals surface area contributed by atoms with Crippen molar-refractivity contribution in [3.63, 3.8) is 0 Å². The van der Waals surface area contributed by atoms with Crippen molar-refractivity contribution in [2.45, 2.75) is 13.0 Å². The summed E-state index contributed by atoms with van der Waals surface area (Å²) in [5.41, 5.74) is -0.0563. The van der Waals surface area contributed by atoms with Crippen LogP contribution in [0.2, 0.25) is 0 Å². The van der Waals surface area contributed by atoms with Crippen LogP contribution in [-0.4, -0.2) is 45.4 Å². The fourth-order valence-electron chi connectivity index (χ4n) is 1.54. The van der Waals surface area contributed by atoms with Gasteiger partial charge in [0.15, 0.2) is 0 Å². The van der Waals surface area contributed by atoms with Crippen molar-refractivity contribution in [2.75, 3.05) is 11.4 Å². The van der Waals surface area contributed by atoms with Crippen LogP contribution in [0.15, 0.2) is 12.4 Å². The molecule has 2 amide bonds. The van der Waals surface area contributed by atoms with E-state index < -0.39 is 23.8 Å². The van der Waals surface area contributed by atoms with Crippen LogP contribution in [0.4, 0.5) is 5.95 Å². The number of nitrogens with zero attached hydrogens (tertiary/aromatic N) is 3. The first-order valence-electron chi connectivity index (χ1n) is 5.14. The third-order valence-electron chi connectivity index (χ3n) is 2.57. The summed E-state index contributed by atoms with van der Waals surface area (Å²) in [7, 11) is 0. The number of carbonyl (C=O) groups excluding carboxylic acids is 2. The Morgan fingerprint density at radius 3 is 2.61 bits per heavy atom. The van der Waals surface area contributed by atoms with Gasteiger partial charge < -0.3 is 10.0 Å². The number of hydrogen-bond acceptors (Lipinski definition) is 6. The van der Waals surface area contributed by atoms with E-state index in [0.717, 1.165) is 12.4 Å². The number of imide groups is 1. The molecule has 2 rings (SSSR count). The van der Waals surface area contributed by atoms with E-state index in [9.17, 15) is 14.4 Å². The molecule has 0 radical (unpaired) electrons. The lowest BCUT2D eigenvalue weighted by atomic mass is 10.2. The fourth-order valence-corrected chi connectivity index (χ4v) is 1.54. The molecule has 2 heterocycles. The van der Waals surface area contributed by atoms with Crippen molar-refractivity contribution in [3.8, 4) is 0 Å². The molecule has 94 valence electrons. The Balaban J connectivity index is 2.27. The summed E-state index contributed by atoms with van der Waals surface area (Å²) >= 11 is 0. The molecule has 0 spiro atoms. The zero-order valence-corrected chi connectivity index (χ0v) is 9.45. The van der Waals surface area contributed by atoms with E-state index in [1.54, 1.807) is 6.92 Å². The van der Waals surface area contributed by atoms with Gasteiger partial charge in [-0.15, -0.1) is 0 Å². The molecule has 1 aromatic heterocycles. The highest BCUT2D eigenvalue weighted by molar-refractivity contribution is 6.04.